The minimum Gasteiger partial charge on any atom is -0.454 e. The molecule has 1 aliphatic heterocycles. The maximum absolute atomic E-state index is 13.1. The fraction of sp³-hybridized carbons (Fsp3) is 0.200. The van der Waals surface area contributed by atoms with Crippen molar-refractivity contribution in [3.05, 3.63) is 82.5 Å². The summed E-state index contributed by atoms with van der Waals surface area (Å²) in [5, 5.41) is 4.32. The van der Waals surface area contributed by atoms with Crippen LogP contribution in [0.25, 0.3) is 21.8 Å². The Bertz CT molecular complexity index is 1330. The normalized spacial score (nSPS) is 13.0. The number of carbonyl (C=O) groups excluding carboxylic acids is 1. The van der Waals surface area contributed by atoms with Crippen molar-refractivity contribution < 1.29 is 14.3 Å². The molecule has 0 unspecified atom stereocenters. The van der Waals surface area contributed by atoms with E-state index in [0.29, 0.717) is 22.3 Å². The van der Waals surface area contributed by atoms with Crippen molar-refractivity contribution in [2.24, 2.45) is 0 Å². The summed E-state index contributed by atoms with van der Waals surface area (Å²) in [6.45, 7) is 4.20. The molecule has 0 atom stereocenters. The SMILES string of the molecule is CC(C)(NC(=O)Cn1c2ccccc2c(=O)c2ccccc21)c1ccc2c(c1)OCO2. The summed E-state index contributed by atoms with van der Waals surface area (Å²) in [5.74, 6) is 1.23. The second-order valence-electron chi connectivity index (χ2n) is 8.19. The molecule has 2 heterocycles. The van der Waals surface area contributed by atoms with E-state index in [0.717, 1.165) is 16.6 Å². The van der Waals surface area contributed by atoms with Crippen molar-refractivity contribution in [1.29, 1.82) is 0 Å². The highest BCUT2D eigenvalue weighted by Gasteiger charge is 2.26. The second kappa shape index (κ2) is 7.16. The van der Waals surface area contributed by atoms with Crippen LogP contribution >= 0.6 is 0 Å². The van der Waals surface area contributed by atoms with Gasteiger partial charge in [0.1, 0.15) is 6.54 Å². The van der Waals surface area contributed by atoms with E-state index in [1.165, 1.54) is 0 Å². The van der Waals surface area contributed by atoms with Crippen LogP contribution in [0.2, 0.25) is 0 Å². The fourth-order valence-electron chi connectivity index (χ4n) is 4.14. The van der Waals surface area contributed by atoms with Crippen molar-refractivity contribution in [3.63, 3.8) is 0 Å². The first-order chi connectivity index (χ1) is 14.9. The molecule has 0 fully saturated rings. The molecule has 156 valence electrons. The van der Waals surface area contributed by atoms with E-state index in [1.807, 2.05) is 73.0 Å². The average molecular weight is 414 g/mol. The van der Waals surface area contributed by atoms with E-state index in [-0.39, 0.29) is 24.7 Å². The van der Waals surface area contributed by atoms with Crippen LogP contribution in [0.15, 0.2) is 71.5 Å². The van der Waals surface area contributed by atoms with Gasteiger partial charge in [-0.25, -0.2) is 0 Å². The zero-order chi connectivity index (χ0) is 21.6. The lowest BCUT2D eigenvalue weighted by Gasteiger charge is -2.28. The lowest BCUT2D eigenvalue weighted by atomic mass is 9.94. The summed E-state index contributed by atoms with van der Waals surface area (Å²) in [7, 11) is 0. The van der Waals surface area contributed by atoms with Crippen molar-refractivity contribution in [2.45, 2.75) is 25.9 Å². The summed E-state index contributed by atoms with van der Waals surface area (Å²) < 4.78 is 12.8. The van der Waals surface area contributed by atoms with Gasteiger partial charge in [-0.05, 0) is 55.8 Å². The maximum atomic E-state index is 13.1. The number of amides is 1. The van der Waals surface area contributed by atoms with Crippen LogP contribution in [0.5, 0.6) is 11.5 Å². The highest BCUT2D eigenvalue weighted by Crippen LogP contribution is 2.35. The van der Waals surface area contributed by atoms with Crippen LogP contribution in [-0.4, -0.2) is 17.3 Å². The minimum atomic E-state index is -0.622. The number of hydrogen-bond donors (Lipinski definition) is 1. The van der Waals surface area contributed by atoms with E-state index < -0.39 is 5.54 Å². The summed E-state index contributed by atoms with van der Waals surface area (Å²) in [5.41, 5.74) is 1.75. The summed E-state index contributed by atoms with van der Waals surface area (Å²) in [6.07, 6.45) is 0. The van der Waals surface area contributed by atoms with Gasteiger partial charge in [0, 0.05) is 10.8 Å². The van der Waals surface area contributed by atoms with Crippen molar-refractivity contribution >= 4 is 27.7 Å². The number of hydrogen-bond acceptors (Lipinski definition) is 4. The molecular formula is C25H22N2O4. The molecule has 4 aromatic rings. The third-order valence-corrected chi connectivity index (χ3v) is 5.73. The highest BCUT2D eigenvalue weighted by molar-refractivity contribution is 5.94. The lowest BCUT2D eigenvalue weighted by molar-refractivity contribution is -0.123. The maximum Gasteiger partial charge on any atom is 0.240 e. The number of para-hydroxylation sites is 2. The molecule has 31 heavy (non-hydrogen) atoms. The molecule has 1 N–H and O–H groups in total. The quantitative estimate of drug-likeness (QED) is 0.514. The van der Waals surface area contributed by atoms with Gasteiger partial charge in [0.2, 0.25) is 12.7 Å². The van der Waals surface area contributed by atoms with Crippen LogP contribution in [0.1, 0.15) is 19.4 Å². The van der Waals surface area contributed by atoms with Gasteiger partial charge in [0.05, 0.1) is 16.6 Å². The standard InChI is InChI=1S/C25H22N2O4/c1-25(2,16-11-12-21-22(13-16)31-15-30-21)26-23(28)14-27-19-9-5-3-7-17(19)24(29)18-8-4-6-10-20(18)27/h3-13H,14-15H2,1-2H3,(H,26,28). The smallest absolute Gasteiger partial charge is 0.240 e. The number of aromatic nitrogens is 1. The third kappa shape index (κ3) is 3.30. The molecule has 3 aromatic carbocycles. The molecular weight excluding hydrogens is 392 g/mol. The Kier molecular flexibility index (Phi) is 4.43. The van der Waals surface area contributed by atoms with E-state index in [1.54, 1.807) is 12.1 Å². The van der Waals surface area contributed by atoms with Crippen molar-refractivity contribution in [1.82, 2.24) is 9.88 Å². The molecule has 0 bridgehead atoms. The lowest BCUT2D eigenvalue weighted by Crippen LogP contribution is -2.42. The number of fused-ring (bicyclic) bond motifs is 3. The molecule has 1 amide bonds. The summed E-state index contributed by atoms with van der Waals surface area (Å²) >= 11 is 0. The van der Waals surface area contributed by atoms with Gasteiger partial charge < -0.3 is 19.4 Å². The predicted molar refractivity (Wildman–Crippen MR) is 119 cm³/mol. The topological polar surface area (TPSA) is 69.6 Å². The van der Waals surface area contributed by atoms with E-state index in [4.69, 9.17) is 9.47 Å². The Balaban J connectivity index is 1.50. The Morgan fingerprint density at radius 3 is 2.23 bits per heavy atom. The van der Waals surface area contributed by atoms with Crippen LogP contribution in [0, 0.1) is 0 Å². The molecule has 0 aliphatic carbocycles. The predicted octanol–water partition coefficient (Wildman–Crippen LogP) is 3.93. The first-order valence-corrected chi connectivity index (χ1v) is 10.2. The largest absolute Gasteiger partial charge is 0.454 e. The number of nitrogens with one attached hydrogen (secondary N) is 1. The van der Waals surface area contributed by atoms with Gasteiger partial charge in [-0.3, -0.25) is 9.59 Å². The molecule has 5 rings (SSSR count). The molecule has 0 radical (unpaired) electrons. The van der Waals surface area contributed by atoms with Crippen LogP contribution in [-0.2, 0) is 16.9 Å². The Hall–Kier alpha value is -3.80. The number of carbonyl (C=O) groups is 1. The molecule has 0 spiro atoms. The number of pyridine rings is 1. The summed E-state index contributed by atoms with van der Waals surface area (Å²) in [4.78, 5) is 26.0. The summed E-state index contributed by atoms with van der Waals surface area (Å²) in [6, 6.07) is 20.5. The Morgan fingerprint density at radius 2 is 1.55 bits per heavy atom. The Morgan fingerprint density at radius 1 is 0.935 bits per heavy atom. The zero-order valence-corrected chi connectivity index (χ0v) is 17.3. The van der Waals surface area contributed by atoms with E-state index in [2.05, 4.69) is 5.32 Å². The van der Waals surface area contributed by atoms with Crippen molar-refractivity contribution in [2.75, 3.05) is 6.79 Å². The van der Waals surface area contributed by atoms with Gasteiger partial charge in [-0.1, -0.05) is 30.3 Å². The average Bonchev–Trinajstić information content (AvgIpc) is 3.24. The van der Waals surface area contributed by atoms with Gasteiger partial charge in [0.15, 0.2) is 16.9 Å². The highest BCUT2D eigenvalue weighted by atomic mass is 16.7. The number of rotatable bonds is 4. The molecule has 1 aliphatic rings. The van der Waals surface area contributed by atoms with E-state index in [9.17, 15) is 9.59 Å². The number of ether oxygens (including phenoxy) is 2. The third-order valence-electron chi connectivity index (χ3n) is 5.73. The molecule has 0 saturated carbocycles. The minimum absolute atomic E-state index is 0.0245. The monoisotopic (exact) mass is 414 g/mol. The molecule has 6 nitrogen and oxygen atoms in total. The fourth-order valence-corrected chi connectivity index (χ4v) is 4.14. The number of benzene rings is 3. The molecule has 0 saturated heterocycles. The first kappa shape index (κ1) is 19.2. The Labute approximate surface area is 179 Å². The zero-order valence-electron chi connectivity index (χ0n) is 17.3. The molecule has 1 aromatic heterocycles. The first-order valence-electron chi connectivity index (χ1n) is 10.2. The van der Waals surface area contributed by atoms with Gasteiger partial charge >= 0.3 is 0 Å². The van der Waals surface area contributed by atoms with E-state index >= 15 is 0 Å². The van der Waals surface area contributed by atoms with Gasteiger partial charge in [0.25, 0.3) is 0 Å². The van der Waals surface area contributed by atoms with Crippen molar-refractivity contribution in [3.8, 4) is 11.5 Å². The molecule has 6 heteroatoms. The van der Waals surface area contributed by atoms with Gasteiger partial charge in [-0.2, -0.15) is 0 Å². The van der Waals surface area contributed by atoms with Crippen LogP contribution < -0.4 is 20.2 Å². The second-order valence-corrected chi connectivity index (χ2v) is 8.19. The van der Waals surface area contributed by atoms with Crippen LogP contribution in [0.4, 0.5) is 0 Å². The van der Waals surface area contributed by atoms with Gasteiger partial charge in [-0.15, -0.1) is 0 Å². The number of nitrogens with zero attached hydrogens (tertiary/aromatic N) is 1. The van der Waals surface area contributed by atoms with Crippen LogP contribution in [0.3, 0.4) is 0 Å².